The molecule has 1 amide bonds. The molecule has 1 aliphatic heterocycles. The zero-order valence-electron chi connectivity index (χ0n) is 18.0. The largest absolute Gasteiger partial charge is 0.495 e. The zero-order chi connectivity index (χ0) is 21.0. The fourth-order valence-corrected chi connectivity index (χ4v) is 4.69. The molecule has 29 heavy (non-hydrogen) atoms. The van der Waals surface area contributed by atoms with Crippen LogP contribution in [0.1, 0.15) is 33.1 Å². The topological polar surface area (TPSA) is 63.5 Å². The third-order valence-electron chi connectivity index (χ3n) is 5.10. The van der Waals surface area contributed by atoms with E-state index in [0.29, 0.717) is 5.16 Å². The van der Waals surface area contributed by atoms with Crippen molar-refractivity contribution in [1.29, 1.82) is 0 Å². The minimum Gasteiger partial charge on any atom is -0.495 e. The van der Waals surface area contributed by atoms with E-state index in [2.05, 4.69) is 28.9 Å². The van der Waals surface area contributed by atoms with Crippen molar-refractivity contribution in [1.82, 2.24) is 19.7 Å². The predicted molar refractivity (Wildman–Crippen MR) is 117 cm³/mol. The number of amides is 1. The SMILES string of the molecule is COc1ccccc1-n1c(SC(C(=O)N(C)C)C(C)C)nnc1N1CCCCC1. The van der Waals surface area contributed by atoms with Gasteiger partial charge in [-0.2, -0.15) is 0 Å². The molecule has 0 aliphatic carbocycles. The molecule has 0 saturated carbocycles. The number of nitrogens with zero attached hydrogens (tertiary/aromatic N) is 5. The predicted octanol–water partition coefficient (Wildman–Crippen LogP) is 3.47. The number of rotatable bonds is 7. The van der Waals surface area contributed by atoms with E-state index in [1.165, 1.54) is 18.2 Å². The Balaban J connectivity index is 2.07. The third-order valence-corrected chi connectivity index (χ3v) is 6.58. The lowest BCUT2D eigenvalue weighted by atomic mass is 10.1. The molecule has 0 radical (unpaired) electrons. The number of carbonyl (C=O) groups is 1. The molecule has 0 spiro atoms. The van der Waals surface area contributed by atoms with Crippen LogP contribution in [-0.2, 0) is 4.79 Å². The summed E-state index contributed by atoms with van der Waals surface area (Å²) < 4.78 is 7.67. The van der Waals surface area contributed by atoms with Crippen LogP contribution >= 0.6 is 11.8 Å². The molecule has 1 aromatic heterocycles. The summed E-state index contributed by atoms with van der Waals surface area (Å²) >= 11 is 1.47. The average Bonchev–Trinajstić information content (AvgIpc) is 3.15. The van der Waals surface area contributed by atoms with E-state index in [4.69, 9.17) is 4.74 Å². The maximum Gasteiger partial charge on any atom is 0.235 e. The van der Waals surface area contributed by atoms with Gasteiger partial charge in [0, 0.05) is 27.2 Å². The highest BCUT2D eigenvalue weighted by atomic mass is 32.2. The van der Waals surface area contributed by atoms with Crippen LogP contribution in [-0.4, -0.2) is 65.1 Å². The Morgan fingerprint density at radius 1 is 1.14 bits per heavy atom. The maximum absolute atomic E-state index is 12.8. The molecule has 3 rings (SSSR count). The minimum atomic E-state index is -0.239. The van der Waals surface area contributed by atoms with Gasteiger partial charge in [0.25, 0.3) is 0 Å². The summed E-state index contributed by atoms with van der Waals surface area (Å²) in [4.78, 5) is 16.7. The molecule has 1 aromatic carbocycles. The highest BCUT2D eigenvalue weighted by Gasteiger charge is 2.30. The Kier molecular flexibility index (Phi) is 7.05. The first-order valence-corrected chi connectivity index (χ1v) is 11.0. The highest BCUT2D eigenvalue weighted by Crippen LogP contribution is 2.36. The molecule has 1 fully saturated rings. The molecular formula is C21H31N5O2S. The summed E-state index contributed by atoms with van der Waals surface area (Å²) in [7, 11) is 5.26. The number of anilines is 1. The normalized spacial score (nSPS) is 15.4. The van der Waals surface area contributed by atoms with Gasteiger partial charge in [-0.3, -0.25) is 9.36 Å². The van der Waals surface area contributed by atoms with Gasteiger partial charge in [-0.1, -0.05) is 37.7 Å². The first kappa shape index (κ1) is 21.5. The van der Waals surface area contributed by atoms with Gasteiger partial charge in [0.05, 0.1) is 18.0 Å². The summed E-state index contributed by atoms with van der Waals surface area (Å²) in [6.07, 6.45) is 3.54. The minimum absolute atomic E-state index is 0.0825. The fraction of sp³-hybridized carbons (Fsp3) is 0.571. The fourth-order valence-electron chi connectivity index (χ4n) is 3.50. The van der Waals surface area contributed by atoms with Gasteiger partial charge >= 0.3 is 0 Å². The van der Waals surface area contributed by atoms with E-state index in [-0.39, 0.29) is 17.1 Å². The lowest BCUT2D eigenvalue weighted by Crippen LogP contribution is -2.35. The Morgan fingerprint density at radius 2 is 1.83 bits per heavy atom. The number of thioether (sulfide) groups is 1. The van der Waals surface area contributed by atoms with Gasteiger partial charge in [0.15, 0.2) is 5.16 Å². The van der Waals surface area contributed by atoms with Gasteiger partial charge in [0.2, 0.25) is 11.9 Å². The molecule has 1 aliphatic rings. The first-order valence-electron chi connectivity index (χ1n) is 10.2. The number of benzene rings is 1. The average molecular weight is 418 g/mol. The summed E-state index contributed by atoms with van der Waals surface area (Å²) in [5, 5.41) is 9.53. The van der Waals surface area contributed by atoms with E-state index in [1.54, 1.807) is 26.1 Å². The smallest absolute Gasteiger partial charge is 0.235 e. The second-order valence-corrected chi connectivity index (χ2v) is 8.96. The van der Waals surface area contributed by atoms with Crippen LogP contribution in [0.4, 0.5) is 5.95 Å². The number of ether oxygens (including phenoxy) is 1. The van der Waals surface area contributed by atoms with E-state index in [1.807, 2.05) is 28.8 Å². The van der Waals surface area contributed by atoms with Gasteiger partial charge in [-0.25, -0.2) is 0 Å². The van der Waals surface area contributed by atoms with Crippen LogP contribution in [0.25, 0.3) is 5.69 Å². The standard InChI is InChI=1S/C21H31N5O2S/c1-15(2)18(19(27)24(3)4)29-21-23-22-20(25-13-9-6-10-14-25)26(21)16-11-7-8-12-17(16)28-5/h7-8,11-12,15,18H,6,9-10,13-14H2,1-5H3. The summed E-state index contributed by atoms with van der Waals surface area (Å²) in [6.45, 7) is 6.05. The number of piperidine rings is 1. The van der Waals surface area contributed by atoms with Crippen LogP contribution in [0.5, 0.6) is 5.75 Å². The summed E-state index contributed by atoms with van der Waals surface area (Å²) in [6, 6.07) is 7.89. The van der Waals surface area contributed by atoms with Gasteiger partial charge in [0.1, 0.15) is 5.75 Å². The molecule has 1 saturated heterocycles. The second-order valence-electron chi connectivity index (χ2n) is 7.85. The molecule has 8 heteroatoms. The second kappa shape index (κ2) is 9.52. The number of hydrogen-bond donors (Lipinski definition) is 0. The van der Waals surface area contributed by atoms with Crippen LogP contribution < -0.4 is 9.64 Å². The van der Waals surface area contributed by atoms with Gasteiger partial charge in [-0.05, 0) is 37.3 Å². The van der Waals surface area contributed by atoms with Crippen molar-refractivity contribution in [3.8, 4) is 11.4 Å². The van der Waals surface area contributed by atoms with E-state index in [9.17, 15) is 4.79 Å². The van der Waals surface area contributed by atoms with Crippen LogP contribution in [0.2, 0.25) is 0 Å². The molecule has 1 unspecified atom stereocenters. The Labute approximate surface area is 177 Å². The van der Waals surface area contributed by atoms with Crippen molar-refractivity contribution in [2.75, 3.05) is 39.2 Å². The van der Waals surface area contributed by atoms with E-state index >= 15 is 0 Å². The maximum atomic E-state index is 12.8. The van der Waals surface area contributed by atoms with E-state index < -0.39 is 0 Å². The molecule has 2 aromatic rings. The monoisotopic (exact) mass is 417 g/mol. The van der Waals surface area contributed by atoms with Crippen molar-refractivity contribution in [2.24, 2.45) is 5.92 Å². The quantitative estimate of drug-likeness (QED) is 0.643. The molecule has 2 heterocycles. The van der Waals surface area contributed by atoms with Crippen LogP contribution in [0.3, 0.4) is 0 Å². The van der Waals surface area contributed by atoms with Crippen molar-refractivity contribution in [3.05, 3.63) is 24.3 Å². The van der Waals surface area contributed by atoms with Crippen molar-refractivity contribution in [2.45, 2.75) is 43.5 Å². The third kappa shape index (κ3) is 4.69. The Bertz CT molecular complexity index is 830. The summed E-state index contributed by atoms with van der Waals surface area (Å²) in [5.41, 5.74) is 0.892. The van der Waals surface area contributed by atoms with Crippen LogP contribution in [0.15, 0.2) is 29.4 Å². The molecule has 7 nitrogen and oxygen atoms in total. The number of aromatic nitrogens is 3. The lowest BCUT2D eigenvalue weighted by Gasteiger charge is -2.28. The molecule has 1 atom stereocenters. The summed E-state index contributed by atoms with van der Waals surface area (Å²) in [5.74, 6) is 1.82. The van der Waals surface area contributed by atoms with Gasteiger partial charge in [-0.15, -0.1) is 10.2 Å². The Morgan fingerprint density at radius 3 is 2.45 bits per heavy atom. The van der Waals surface area contributed by atoms with Crippen molar-refractivity contribution in [3.63, 3.8) is 0 Å². The van der Waals surface area contributed by atoms with E-state index in [0.717, 1.165) is 43.3 Å². The highest BCUT2D eigenvalue weighted by molar-refractivity contribution is 8.00. The molecule has 0 N–H and O–H groups in total. The van der Waals surface area contributed by atoms with Crippen LogP contribution in [0, 0.1) is 5.92 Å². The zero-order valence-corrected chi connectivity index (χ0v) is 18.8. The molecule has 158 valence electrons. The molecule has 0 bridgehead atoms. The number of methoxy groups -OCH3 is 1. The lowest BCUT2D eigenvalue weighted by molar-refractivity contribution is -0.128. The first-order chi connectivity index (χ1) is 13.9. The number of hydrogen-bond acceptors (Lipinski definition) is 6. The van der Waals surface area contributed by atoms with Gasteiger partial charge < -0.3 is 14.5 Å². The number of carbonyl (C=O) groups excluding carboxylic acids is 1. The molecular weight excluding hydrogens is 386 g/mol. The van der Waals surface area contributed by atoms with Crippen molar-refractivity contribution >= 4 is 23.6 Å². The Hall–Kier alpha value is -2.22. The van der Waals surface area contributed by atoms with Crippen molar-refractivity contribution < 1.29 is 9.53 Å². The number of para-hydroxylation sites is 2.